The van der Waals surface area contributed by atoms with E-state index in [2.05, 4.69) is 10.6 Å². The van der Waals surface area contributed by atoms with Crippen molar-refractivity contribution in [2.45, 2.75) is 19.3 Å². The third-order valence-electron chi connectivity index (χ3n) is 2.50. The molecule has 0 aromatic heterocycles. The van der Waals surface area contributed by atoms with E-state index in [9.17, 15) is 4.79 Å². The first-order valence-corrected chi connectivity index (χ1v) is 5.29. The van der Waals surface area contributed by atoms with Crippen LogP contribution in [-0.2, 0) is 9.53 Å². The normalized spacial score (nSPS) is 21.1. The first-order valence-electron chi connectivity index (χ1n) is 5.29. The number of nitrogens with one attached hydrogen (secondary N) is 2. The van der Waals surface area contributed by atoms with Crippen LogP contribution in [0.1, 0.15) is 19.3 Å². The summed E-state index contributed by atoms with van der Waals surface area (Å²) in [5.41, 5.74) is 0. The maximum atomic E-state index is 11.3. The number of methoxy groups -OCH3 is 1. The smallest absolute Gasteiger partial charge is 0.220 e. The van der Waals surface area contributed by atoms with Gasteiger partial charge in [0.05, 0.1) is 0 Å². The van der Waals surface area contributed by atoms with Crippen molar-refractivity contribution in [2.24, 2.45) is 5.92 Å². The summed E-state index contributed by atoms with van der Waals surface area (Å²) in [4.78, 5) is 11.3. The van der Waals surface area contributed by atoms with Gasteiger partial charge in [-0.25, -0.2) is 0 Å². The Kier molecular flexibility index (Phi) is 5.56. The van der Waals surface area contributed by atoms with Crippen LogP contribution in [0.5, 0.6) is 0 Å². The molecule has 1 aliphatic heterocycles. The van der Waals surface area contributed by atoms with E-state index in [0.717, 1.165) is 26.1 Å². The van der Waals surface area contributed by atoms with Crippen LogP contribution in [0.4, 0.5) is 0 Å². The Morgan fingerprint density at radius 2 is 2.50 bits per heavy atom. The van der Waals surface area contributed by atoms with E-state index in [1.165, 1.54) is 6.42 Å². The summed E-state index contributed by atoms with van der Waals surface area (Å²) in [5.74, 6) is 0.773. The highest BCUT2D eigenvalue weighted by Crippen LogP contribution is 2.05. The second-order valence-electron chi connectivity index (χ2n) is 3.76. The third-order valence-corrected chi connectivity index (χ3v) is 2.50. The monoisotopic (exact) mass is 200 g/mol. The van der Waals surface area contributed by atoms with Gasteiger partial charge < -0.3 is 15.4 Å². The summed E-state index contributed by atoms with van der Waals surface area (Å²) in [5, 5.41) is 6.23. The molecule has 2 N–H and O–H groups in total. The topological polar surface area (TPSA) is 50.4 Å². The lowest BCUT2D eigenvalue weighted by Gasteiger charge is -2.09. The maximum absolute atomic E-state index is 11.3. The molecule has 1 unspecified atom stereocenters. The summed E-state index contributed by atoms with van der Waals surface area (Å²) in [6.07, 6.45) is 2.57. The van der Waals surface area contributed by atoms with E-state index in [1.807, 2.05) is 0 Å². The zero-order valence-electron chi connectivity index (χ0n) is 8.84. The molecule has 1 amide bonds. The van der Waals surface area contributed by atoms with Crippen molar-refractivity contribution in [1.29, 1.82) is 0 Å². The molecular formula is C10H20N2O2. The number of amides is 1. The minimum absolute atomic E-state index is 0.147. The van der Waals surface area contributed by atoms with Crippen LogP contribution in [0, 0.1) is 5.92 Å². The van der Waals surface area contributed by atoms with Crippen LogP contribution in [-0.4, -0.2) is 39.3 Å². The fourth-order valence-electron chi connectivity index (χ4n) is 1.61. The van der Waals surface area contributed by atoms with Gasteiger partial charge in [0, 0.05) is 26.7 Å². The molecule has 0 spiro atoms. The molecule has 1 aliphatic rings. The first kappa shape index (κ1) is 11.5. The Morgan fingerprint density at radius 3 is 3.14 bits per heavy atom. The van der Waals surface area contributed by atoms with Gasteiger partial charge in [0.1, 0.15) is 0 Å². The Hall–Kier alpha value is -0.610. The molecule has 1 rings (SSSR count). The van der Waals surface area contributed by atoms with Crippen molar-refractivity contribution < 1.29 is 9.53 Å². The van der Waals surface area contributed by atoms with Crippen molar-refractivity contribution in [2.75, 3.05) is 33.4 Å². The number of hydrogen-bond acceptors (Lipinski definition) is 3. The number of carbonyl (C=O) groups is 1. The molecule has 0 radical (unpaired) electrons. The average Bonchev–Trinajstić information content (AvgIpc) is 2.68. The molecule has 1 fully saturated rings. The highest BCUT2D eigenvalue weighted by atomic mass is 16.5. The molecule has 82 valence electrons. The van der Waals surface area contributed by atoms with Crippen molar-refractivity contribution in [3.05, 3.63) is 0 Å². The largest absolute Gasteiger partial charge is 0.385 e. The van der Waals surface area contributed by atoms with Gasteiger partial charge in [-0.2, -0.15) is 0 Å². The van der Waals surface area contributed by atoms with Crippen LogP contribution >= 0.6 is 0 Å². The van der Waals surface area contributed by atoms with Gasteiger partial charge in [-0.15, -0.1) is 0 Å². The molecule has 0 aliphatic carbocycles. The third kappa shape index (κ3) is 4.58. The second-order valence-corrected chi connectivity index (χ2v) is 3.76. The van der Waals surface area contributed by atoms with Gasteiger partial charge in [0.15, 0.2) is 0 Å². The van der Waals surface area contributed by atoms with E-state index < -0.39 is 0 Å². The van der Waals surface area contributed by atoms with Crippen LogP contribution in [0.15, 0.2) is 0 Å². The standard InChI is InChI=1S/C10H20N2O2/c1-14-6-2-3-10(13)12-8-9-4-5-11-7-9/h9,11H,2-8H2,1H3,(H,12,13). The number of ether oxygens (including phenoxy) is 1. The minimum atomic E-state index is 0.147. The average molecular weight is 200 g/mol. The van der Waals surface area contributed by atoms with E-state index in [-0.39, 0.29) is 5.91 Å². The number of rotatable bonds is 6. The van der Waals surface area contributed by atoms with Gasteiger partial charge in [0.2, 0.25) is 5.91 Å². The van der Waals surface area contributed by atoms with Gasteiger partial charge in [0.25, 0.3) is 0 Å². The fraction of sp³-hybridized carbons (Fsp3) is 0.900. The molecule has 4 heteroatoms. The van der Waals surface area contributed by atoms with Crippen molar-refractivity contribution in [1.82, 2.24) is 10.6 Å². The summed E-state index contributed by atoms with van der Waals surface area (Å²) >= 11 is 0. The Morgan fingerprint density at radius 1 is 1.64 bits per heavy atom. The zero-order valence-corrected chi connectivity index (χ0v) is 8.84. The van der Waals surface area contributed by atoms with Gasteiger partial charge in [-0.1, -0.05) is 0 Å². The first-order chi connectivity index (χ1) is 6.83. The van der Waals surface area contributed by atoms with Crippen LogP contribution in [0.2, 0.25) is 0 Å². The van der Waals surface area contributed by atoms with E-state index in [0.29, 0.717) is 18.9 Å². The summed E-state index contributed by atoms with van der Waals surface area (Å²) < 4.78 is 4.88. The molecule has 0 saturated carbocycles. The van der Waals surface area contributed by atoms with Gasteiger partial charge in [-0.3, -0.25) is 4.79 Å². The van der Waals surface area contributed by atoms with E-state index >= 15 is 0 Å². The number of hydrogen-bond donors (Lipinski definition) is 2. The zero-order chi connectivity index (χ0) is 10.2. The van der Waals surface area contributed by atoms with E-state index in [1.54, 1.807) is 7.11 Å². The van der Waals surface area contributed by atoms with Crippen LogP contribution < -0.4 is 10.6 Å². The molecule has 0 bridgehead atoms. The predicted molar refractivity (Wildman–Crippen MR) is 55.1 cm³/mol. The van der Waals surface area contributed by atoms with Crippen LogP contribution in [0.25, 0.3) is 0 Å². The van der Waals surface area contributed by atoms with Gasteiger partial charge >= 0.3 is 0 Å². The summed E-state index contributed by atoms with van der Waals surface area (Å²) in [6, 6.07) is 0. The molecule has 4 nitrogen and oxygen atoms in total. The maximum Gasteiger partial charge on any atom is 0.220 e. The lowest BCUT2D eigenvalue weighted by molar-refractivity contribution is -0.121. The second kappa shape index (κ2) is 6.79. The minimum Gasteiger partial charge on any atom is -0.385 e. The van der Waals surface area contributed by atoms with Crippen molar-refractivity contribution >= 4 is 5.91 Å². The Labute approximate surface area is 85.4 Å². The van der Waals surface area contributed by atoms with Crippen molar-refractivity contribution in [3.63, 3.8) is 0 Å². The Bertz CT molecular complexity index is 168. The van der Waals surface area contributed by atoms with Crippen molar-refractivity contribution in [3.8, 4) is 0 Å². The molecular weight excluding hydrogens is 180 g/mol. The molecule has 0 aromatic carbocycles. The lowest BCUT2D eigenvalue weighted by atomic mass is 10.1. The lowest BCUT2D eigenvalue weighted by Crippen LogP contribution is -2.30. The number of carbonyl (C=O) groups excluding carboxylic acids is 1. The molecule has 14 heavy (non-hydrogen) atoms. The summed E-state index contributed by atoms with van der Waals surface area (Å²) in [6.45, 7) is 3.61. The molecule has 1 saturated heterocycles. The predicted octanol–water partition coefficient (Wildman–Crippen LogP) is 0.139. The highest BCUT2D eigenvalue weighted by Gasteiger charge is 2.14. The molecule has 0 aromatic rings. The summed E-state index contributed by atoms with van der Waals surface area (Å²) in [7, 11) is 1.65. The fourth-order valence-corrected chi connectivity index (χ4v) is 1.61. The molecule has 1 atom stereocenters. The van der Waals surface area contributed by atoms with Gasteiger partial charge in [-0.05, 0) is 31.8 Å². The van der Waals surface area contributed by atoms with Crippen LogP contribution in [0.3, 0.4) is 0 Å². The Balaban J connectivity index is 1.96. The highest BCUT2D eigenvalue weighted by molar-refractivity contribution is 5.75. The SMILES string of the molecule is COCCCC(=O)NCC1CCNC1. The van der Waals surface area contributed by atoms with E-state index in [4.69, 9.17) is 4.74 Å². The quantitative estimate of drug-likeness (QED) is 0.600. The molecule has 1 heterocycles.